The van der Waals surface area contributed by atoms with Crippen LogP contribution in [0.5, 0.6) is 0 Å². The van der Waals surface area contributed by atoms with Crippen LogP contribution in [0, 0.1) is 5.41 Å². The van der Waals surface area contributed by atoms with E-state index in [1.807, 2.05) is 26.8 Å². The molecule has 1 saturated carbocycles. The second kappa shape index (κ2) is 5.88. The van der Waals surface area contributed by atoms with Crippen LogP contribution in [0.25, 0.3) is 0 Å². The summed E-state index contributed by atoms with van der Waals surface area (Å²) in [6.07, 6.45) is 0.506. The second-order valence-electron chi connectivity index (χ2n) is 5.92. The van der Waals surface area contributed by atoms with E-state index in [-0.39, 0.29) is 12.0 Å². The fraction of sp³-hybridized carbons (Fsp3) is 0.533. The highest BCUT2D eigenvalue weighted by molar-refractivity contribution is 9.10. The van der Waals surface area contributed by atoms with Gasteiger partial charge in [0.2, 0.25) is 5.91 Å². The van der Waals surface area contributed by atoms with E-state index in [0.29, 0.717) is 23.7 Å². The Bertz CT molecular complexity index is 565. The molecule has 0 aromatic heterocycles. The van der Waals surface area contributed by atoms with Gasteiger partial charge in [0.15, 0.2) is 0 Å². The zero-order valence-electron chi connectivity index (χ0n) is 12.4. The smallest absolute Gasteiger partial charge is 0.245 e. The topological polar surface area (TPSA) is 64.3 Å². The van der Waals surface area contributed by atoms with Crippen molar-refractivity contribution in [3.63, 3.8) is 0 Å². The lowest BCUT2D eigenvalue weighted by atomic mass is 9.54. The van der Waals surface area contributed by atoms with Crippen molar-refractivity contribution in [2.45, 2.75) is 38.8 Å². The van der Waals surface area contributed by atoms with Gasteiger partial charge in [-0.2, -0.15) is 0 Å². The van der Waals surface area contributed by atoms with E-state index in [4.69, 9.17) is 22.1 Å². The van der Waals surface area contributed by atoms with Gasteiger partial charge < -0.3 is 15.8 Å². The Hall–Kier alpha value is -0.620. The van der Waals surface area contributed by atoms with Crippen LogP contribution < -0.4 is 11.1 Å². The number of anilines is 1. The van der Waals surface area contributed by atoms with Crippen LogP contribution in [0.3, 0.4) is 0 Å². The van der Waals surface area contributed by atoms with E-state index in [1.54, 1.807) is 12.1 Å². The number of hydrogen-bond acceptors (Lipinski definition) is 3. The summed E-state index contributed by atoms with van der Waals surface area (Å²) in [7, 11) is 0. The number of nitrogens with one attached hydrogen (secondary N) is 1. The summed E-state index contributed by atoms with van der Waals surface area (Å²) < 4.78 is 6.49. The number of hydrogen-bond donors (Lipinski definition) is 2. The normalized spacial score (nSPS) is 27.0. The number of carbonyl (C=O) groups is 1. The number of ether oxygens (including phenoxy) is 1. The van der Waals surface area contributed by atoms with Gasteiger partial charge in [-0.05, 0) is 25.1 Å². The van der Waals surface area contributed by atoms with Crippen molar-refractivity contribution < 1.29 is 9.53 Å². The standard InChI is InChI=1S/C15H20BrClN2O2/c1-4-21-12-8-15(18,14(12,2)3)13(20)19-11-6-5-9(16)7-10(11)17/h5-7,12H,4,8,18H2,1-3H3,(H,19,20). The molecule has 116 valence electrons. The molecule has 2 rings (SSSR count). The minimum Gasteiger partial charge on any atom is -0.378 e. The molecule has 0 bridgehead atoms. The van der Waals surface area contributed by atoms with Gasteiger partial charge in [0.1, 0.15) is 5.54 Å². The number of benzene rings is 1. The zero-order chi connectivity index (χ0) is 15.8. The van der Waals surface area contributed by atoms with Crippen LogP contribution >= 0.6 is 27.5 Å². The Morgan fingerprint density at radius 1 is 1.57 bits per heavy atom. The van der Waals surface area contributed by atoms with E-state index < -0.39 is 11.0 Å². The molecule has 0 heterocycles. The van der Waals surface area contributed by atoms with E-state index in [0.717, 1.165) is 4.47 Å². The van der Waals surface area contributed by atoms with Crippen molar-refractivity contribution in [2.24, 2.45) is 11.1 Å². The predicted octanol–water partition coefficient (Wildman–Crippen LogP) is 3.57. The maximum atomic E-state index is 12.6. The van der Waals surface area contributed by atoms with Crippen molar-refractivity contribution in [3.05, 3.63) is 27.7 Å². The summed E-state index contributed by atoms with van der Waals surface area (Å²) in [6, 6.07) is 5.30. The highest BCUT2D eigenvalue weighted by atomic mass is 79.9. The van der Waals surface area contributed by atoms with Gasteiger partial charge >= 0.3 is 0 Å². The molecular formula is C15H20BrClN2O2. The van der Waals surface area contributed by atoms with Gasteiger partial charge in [-0.1, -0.05) is 41.4 Å². The first-order valence-corrected chi connectivity index (χ1v) is 8.06. The van der Waals surface area contributed by atoms with Crippen LogP contribution in [-0.2, 0) is 9.53 Å². The summed E-state index contributed by atoms with van der Waals surface area (Å²) in [6.45, 7) is 6.47. The molecule has 0 saturated heterocycles. The molecule has 1 aliphatic carbocycles. The average Bonchev–Trinajstić information content (AvgIpc) is 2.41. The minimum absolute atomic E-state index is 0.00126. The molecule has 4 nitrogen and oxygen atoms in total. The first-order chi connectivity index (χ1) is 9.72. The Morgan fingerprint density at radius 3 is 2.76 bits per heavy atom. The molecule has 1 aliphatic rings. The van der Waals surface area contributed by atoms with Gasteiger partial charge in [0, 0.05) is 22.9 Å². The largest absolute Gasteiger partial charge is 0.378 e. The third-order valence-corrected chi connectivity index (χ3v) is 5.22. The molecule has 1 aromatic rings. The summed E-state index contributed by atoms with van der Waals surface area (Å²) in [4.78, 5) is 12.6. The van der Waals surface area contributed by atoms with Crippen LogP contribution in [0.4, 0.5) is 5.69 Å². The summed E-state index contributed by atoms with van der Waals surface area (Å²) in [5.74, 6) is -0.229. The highest BCUT2D eigenvalue weighted by Crippen LogP contribution is 2.50. The third-order valence-electron chi connectivity index (χ3n) is 4.41. The second-order valence-corrected chi connectivity index (χ2v) is 7.24. The SMILES string of the molecule is CCOC1CC(N)(C(=O)Nc2ccc(Br)cc2Cl)C1(C)C. The predicted molar refractivity (Wildman–Crippen MR) is 88.5 cm³/mol. The third kappa shape index (κ3) is 2.84. The Balaban J connectivity index is 2.14. The molecule has 2 atom stereocenters. The monoisotopic (exact) mass is 374 g/mol. The van der Waals surface area contributed by atoms with Gasteiger partial charge in [-0.25, -0.2) is 0 Å². The van der Waals surface area contributed by atoms with Crippen LogP contribution in [-0.4, -0.2) is 24.2 Å². The van der Waals surface area contributed by atoms with Crippen molar-refractivity contribution in [2.75, 3.05) is 11.9 Å². The Kier molecular flexibility index (Phi) is 4.69. The van der Waals surface area contributed by atoms with Crippen LogP contribution in [0.15, 0.2) is 22.7 Å². The van der Waals surface area contributed by atoms with Crippen molar-refractivity contribution in [3.8, 4) is 0 Å². The first-order valence-electron chi connectivity index (χ1n) is 6.89. The van der Waals surface area contributed by atoms with Crippen molar-refractivity contribution in [1.29, 1.82) is 0 Å². The number of rotatable bonds is 4. The lowest BCUT2D eigenvalue weighted by Gasteiger charge is -2.57. The maximum absolute atomic E-state index is 12.6. The van der Waals surface area contributed by atoms with Gasteiger partial charge in [0.25, 0.3) is 0 Å². The average molecular weight is 376 g/mol. The van der Waals surface area contributed by atoms with Gasteiger partial charge in [-0.15, -0.1) is 0 Å². The molecule has 0 spiro atoms. The van der Waals surface area contributed by atoms with Crippen LogP contribution in [0.1, 0.15) is 27.2 Å². The number of halogens is 2. The molecule has 0 radical (unpaired) electrons. The highest BCUT2D eigenvalue weighted by Gasteiger charge is 2.62. The Morgan fingerprint density at radius 2 is 2.24 bits per heavy atom. The number of carbonyl (C=O) groups excluding carboxylic acids is 1. The van der Waals surface area contributed by atoms with Gasteiger partial charge in [0.05, 0.1) is 16.8 Å². The van der Waals surface area contributed by atoms with Crippen LogP contribution in [0.2, 0.25) is 5.02 Å². The van der Waals surface area contributed by atoms with Crippen molar-refractivity contribution >= 4 is 39.1 Å². The molecule has 21 heavy (non-hydrogen) atoms. The molecule has 3 N–H and O–H groups in total. The zero-order valence-corrected chi connectivity index (χ0v) is 14.7. The first kappa shape index (κ1) is 16.7. The summed E-state index contributed by atoms with van der Waals surface area (Å²) in [5, 5.41) is 3.30. The van der Waals surface area contributed by atoms with Gasteiger partial charge in [-0.3, -0.25) is 4.79 Å². The van der Waals surface area contributed by atoms with E-state index >= 15 is 0 Å². The number of amides is 1. The van der Waals surface area contributed by atoms with E-state index in [2.05, 4.69) is 21.2 Å². The molecule has 1 aromatic carbocycles. The fourth-order valence-electron chi connectivity index (χ4n) is 2.65. The quantitative estimate of drug-likeness (QED) is 0.845. The summed E-state index contributed by atoms with van der Waals surface area (Å²) in [5.41, 5.74) is 5.51. The lowest BCUT2D eigenvalue weighted by Crippen LogP contribution is -2.74. The summed E-state index contributed by atoms with van der Waals surface area (Å²) >= 11 is 9.46. The molecule has 0 aliphatic heterocycles. The minimum atomic E-state index is -0.955. The Labute approximate surface area is 138 Å². The maximum Gasteiger partial charge on any atom is 0.245 e. The molecule has 1 amide bonds. The van der Waals surface area contributed by atoms with E-state index in [1.165, 1.54) is 0 Å². The fourth-order valence-corrected chi connectivity index (χ4v) is 3.37. The molecular weight excluding hydrogens is 356 g/mol. The van der Waals surface area contributed by atoms with E-state index in [9.17, 15) is 4.79 Å². The molecule has 2 unspecified atom stereocenters. The molecule has 1 fully saturated rings. The molecule has 6 heteroatoms. The van der Waals surface area contributed by atoms with Crippen molar-refractivity contribution in [1.82, 2.24) is 0 Å². The lowest BCUT2D eigenvalue weighted by molar-refractivity contribution is -0.166. The number of nitrogens with two attached hydrogens (primary N) is 1.